The third kappa shape index (κ3) is 5.71. The van der Waals surface area contributed by atoms with E-state index in [2.05, 4.69) is 43.1 Å². The van der Waals surface area contributed by atoms with Crippen molar-refractivity contribution in [2.75, 3.05) is 51.9 Å². The molecule has 1 amide bonds. The second-order valence-corrected chi connectivity index (χ2v) is 9.93. The average Bonchev–Trinajstić information content (AvgIpc) is 3.06. The Hall–Kier alpha value is -2.19. The quantitative estimate of drug-likeness (QED) is 0.646. The number of halogens is 1. The van der Waals surface area contributed by atoms with E-state index >= 15 is 0 Å². The molecule has 1 aromatic carbocycles. The van der Waals surface area contributed by atoms with Crippen molar-refractivity contribution in [2.24, 2.45) is 0 Å². The number of benzene rings is 1. The van der Waals surface area contributed by atoms with Gasteiger partial charge >= 0.3 is 0 Å². The number of nitrogens with zero attached hydrogens (tertiary/aromatic N) is 3. The van der Waals surface area contributed by atoms with Gasteiger partial charge in [-0.05, 0) is 30.7 Å². The number of fused-ring (bicyclic) bond motifs is 1. The van der Waals surface area contributed by atoms with Crippen molar-refractivity contribution < 1.29 is 14.3 Å². The number of ether oxygens (including phenoxy) is 2. The van der Waals surface area contributed by atoms with Crippen LogP contribution in [0.15, 0.2) is 36.5 Å². The molecular formula is C26H37ClN4O3. The fourth-order valence-electron chi connectivity index (χ4n) is 4.95. The number of aromatic nitrogens is 1. The van der Waals surface area contributed by atoms with E-state index in [0.29, 0.717) is 32.2 Å². The summed E-state index contributed by atoms with van der Waals surface area (Å²) in [6.07, 6.45) is 2.65. The van der Waals surface area contributed by atoms with Crippen molar-refractivity contribution in [1.82, 2.24) is 15.2 Å². The maximum Gasteiger partial charge on any atom is 0.241 e. The molecule has 0 aliphatic carbocycles. The van der Waals surface area contributed by atoms with E-state index in [1.54, 1.807) is 14.2 Å². The van der Waals surface area contributed by atoms with Crippen LogP contribution < -0.4 is 15.0 Å². The molecule has 34 heavy (non-hydrogen) atoms. The number of methoxy groups -OCH3 is 2. The van der Waals surface area contributed by atoms with Crippen LogP contribution in [0.2, 0.25) is 0 Å². The number of hydrogen-bond acceptors (Lipinski definition) is 6. The first-order valence-electron chi connectivity index (χ1n) is 11.7. The van der Waals surface area contributed by atoms with Crippen molar-refractivity contribution in [3.63, 3.8) is 0 Å². The van der Waals surface area contributed by atoms with Gasteiger partial charge < -0.3 is 19.7 Å². The van der Waals surface area contributed by atoms with E-state index < -0.39 is 0 Å². The van der Waals surface area contributed by atoms with Gasteiger partial charge in [-0.1, -0.05) is 26.0 Å². The molecule has 2 aromatic rings. The summed E-state index contributed by atoms with van der Waals surface area (Å²) in [5.41, 5.74) is 4.08. The minimum Gasteiger partial charge on any atom is -0.497 e. The lowest BCUT2D eigenvalue weighted by molar-refractivity contribution is -0.121. The lowest BCUT2D eigenvalue weighted by Crippen LogP contribution is -2.59. The van der Waals surface area contributed by atoms with Crippen LogP contribution >= 0.6 is 12.4 Å². The first-order chi connectivity index (χ1) is 15.8. The Bertz CT molecular complexity index is 1000. The Morgan fingerprint density at radius 3 is 2.79 bits per heavy atom. The van der Waals surface area contributed by atoms with Crippen LogP contribution in [0.5, 0.6) is 5.75 Å². The number of pyridine rings is 1. The van der Waals surface area contributed by atoms with Crippen LogP contribution in [-0.4, -0.2) is 74.9 Å². The fraction of sp³-hybridized carbons (Fsp3) is 0.538. The fourth-order valence-corrected chi connectivity index (χ4v) is 4.95. The maximum absolute atomic E-state index is 13.6. The number of rotatable bonds is 7. The molecule has 0 spiro atoms. The van der Waals surface area contributed by atoms with Crippen LogP contribution in [-0.2, 0) is 21.4 Å². The van der Waals surface area contributed by atoms with Crippen molar-refractivity contribution in [2.45, 2.75) is 44.7 Å². The van der Waals surface area contributed by atoms with E-state index in [1.807, 2.05) is 29.3 Å². The van der Waals surface area contributed by atoms with Crippen molar-refractivity contribution in [1.29, 1.82) is 0 Å². The highest BCUT2D eigenvalue weighted by Gasteiger charge is 2.39. The second kappa shape index (κ2) is 11.0. The average molecular weight is 489 g/mol. The molecule has 8 heteroatoms. The summed E-state index contributed by atoms with van der Waals surface area (Å²) in [5, 5.41) is 3.49. The van der Waals surface area contributed by atoms with Crippen molar-refractivity contribution in [3.8, 4) is 5.75 Å². The van der Waals surface area contributed by atoms with Gasteiger partial charge in [0, 0.05) is 68.1 Å². The Balaban J connectivity index is 0.00000324. The first-order valence-corrected chi connectivity index (χ1v) is 11.7. The number of carbonyl (C=O) groups excluding carboxylic acids is 1. The molecule has 3 heterocycles. The number of carbonyl (C=O) groups is 1. The number of hydrogen-bond donors (Lipinski definition) is 1. The summed E-state index contributed by atoms with van der Waals surface area (Å²) in [7, 11) is 3.39. The zero-order valence-electron chi connectivity index (χ0n) is 20.8. The molecule has 0 unspecified atom stereocenters. The molecule has 0 saturated carbocycles. The topological polar surface area (TPSA) is 66.9 Å². The highest BCUT2D eigenvalue weighted by atomic mass is 35.5. The molecule has 2 aliphatic rings. The Labute approximate surface area is 209 Å². The molecule has 2 aliphatic heterocycles. The number of anilines is 1. The highest BCUT2D eigenvalue weighted by Crippen LogP contribution is 2.40. The lowest BCUT2D eigenvalue weighted by atomic mass is 9.88. The van der Waals surface area contributed by atoms with Gasteiger partial charge in [0.25, 0.3) is 0 Å². The van der Waals surface area contributed by atoms with Gasteiger partial charge in [0.2, 0.25) is 5.91 Å². The number of piperazine rings is 1. The molecule has 0 bridgehead atoms. The molecule has 1 aromatic heterocycles. The Morgan fingerprint density at radius 2 is 2.06 bits per heavy atom. The van der Waals surface area contributed by atoms with Crippen molar-refractivity contribution >= 4 is 24.0 Å². The SMILES string of the molecule is COC[C@H]1CN[C@H](C)CN1CC(=O)N1CC(C)(C)c2cnc(Cc3cccc(OC)c3)cc21.Cl. The van der Waals surface area contributed by atoms with E-state index in [-0.39, 0.29) is 29.8 Å². The molecule has 4 rings (SSSR count). The van der Waals surface area contributed by atoms with Crippen molar-refractivity contribution in [3.05, 3.63) is 53.3 Å². The summed E-state index contributed by atoms with van der Waals surface area (Å²) < 4.78 is 10.8. The van der Waals surface area contributed by atoms with Gasteiger partial charge in [-0.25, -0.2) is 0 Å². The zero-order chi connectivity index (χ0) is 23.6. The second-order valence-electron chi connectivity index (χ2n) is 9.93. The van der Waals surface area contributed by atoms with Gasteiger partial charge in [-0.15, -0.1) is 12.4 Å². The third-order valence-corrected chi connectivity index (χ3v) is 6.76. The predicted octanol–water partition coefficient (Wildman–Crippen LogP) is 3.04. The largest absolute Gasteiger partial charge is 0.497 e. The molecule has 2 atom stereocenters. The molecule has 1 N–H and O–H groups in total. The summed E-state index contributed by atoms with van der Waals surface area (Å²) in [5.74, 6) is 0.970. The number of amides is 1. The smallest absolute Gasteiger partial charge is 0.241 e. The molecular weight excluding hydrogens is 452 g/mol. The van der Waals surface area contributed by atoms with Crippen LogP contribution in [0.3, 0.4) is 0 Å². The molecule has 1 fully saturated rings. The van der Waals surface area contributed by atoms with E-state index in [4.69, 9.17) is 14.5 Å². The Morgan fingerprint density at radius 1 is 1.26 bits per heavy atom. The highest BCUT2D eigenvalue weighted by molar-refractivity contribution is 5.97. The van der Waals surface area contributed by atoms with E-state index in [0.717, 1.165) is 41.3 Å². The van der Waals surface area contributed by atoms with Gasteiger partial charge in [0.05, 0.1) is 25.9 Å². The van der Waals surface area contributed by atoms with Crippen LogP contribution in [0.25, 0.3) is 0 Å². The van der Waals surface area contributed by atoms with Crippen LogP contribution in [0, 0.1) is 0 Å². The molecule has 186 valence electrons. The summed E-state index contributed by atoms with van der Waals surface area (Å²) >= 11 is 0. The summed E-state index contributed by atoms with van der Waals surface area (Å²) in [4.78, 5) is 22.5. The van der Waals surface area contributed by atoms with Gasteiger partial charge in [0.1, 0.15) is 5.75 Å². The molecule has 1 saturated heterocycles. The summed E-state index contributed by atoms with van der Waals surface area (Å²) in [6, 6.07) is 10.7. The zero-order valence-corrected chi connectivity index (χ0v) is 21.7. The number of nitrogens with one attached hydrogen (secondary N) is 1. The lowest BCUT2D eigenvalue weighted by Gasteiger charge is -2.39. The van der Waals surface area contributed by atoms with Crippen LogP contribution in [0.4, 0.5) is 5.69 Å². The Kier molecular flexibility index (Phi) is 8.57. The third-order valence-electron chi connectivity index (χ3n) is 6.76. The van der Waals surface area contributed by atoms with Gasteiger partial charge in [0.15, 0.2) is 0 Å². The standard InChI is InChI=1S/C26H36N4O3.ClH/c1-18-14-29(21(12-27-18)16-32-4)15-25(31)30-17-26(2,3)23-13-28-20(11-24(23)30)9-19-7-6-8-22(10-19)33-5;/h6-8,10-11,13,18,21,27H,9,12,14-17H2,1-5H3;1H/t18-,21-;/m1./s1. The first kappa shape index (κ1) is 26.4. The molecule has 7 nitrogen and oxygen atoms in total. The summed E-state index contributed by atoms with van der Waals surface area (Å²) in [6.45, 7) is 9.87. The molecule has 0 radical (unpaired) electrons. The van der Waals surface area contributed by atoms with E-state index in [9.17, 15) is 4.79 Å². The van der Waals surface area contributed by atoms with Gasteiger partial charge in [-0.2, -0.15) is 0 Å². The van der Waals surface area contributed by atoms with E-state index in [1.165, 1.54) is 0 Å². The normalized spacial score (nSPS) is 21.6. The minimum absolute atomic E-state index is 0. The monoisotopic (exact) mass is 488 g/mol. The van der Waals surface area contributed by atoms with Gasteiger partial charge in [-0.3, -0.25) is 14.7 Å². The maximum atomic E-state index is 13.6. The minimum atomic E-state index is -0.130. The van der Waals surface area contributed by atoms with Crippen LogP contribution in [0.1, 0.15) is 37.6 Å². The predicted molar refractivity (Wildman–Crippen MR) is 137 cm³/mol.